The minimum Gasteiger partial charge on any atom is -0.493 e. The lowest BCUT2D eigenvalue weighted by molar-refractivity contribution is 0.252. The maximum absolute atomic E-state index is 8.76. The fraction of sp³-hybridized carbons (Fsp3) is 0.353. The van der Waals surface area contributed by atoms with Crippen molar-refractivity contribution >= 4 is 0 Å². The van der Waals surface area contributed by atoms with Crippen molar-refractivity contribution in [2.24, 2.45) is 5.92 Å². The molecule has 1 unspecified atom stereocenters. The Morgan fingerprint density at radius 2 is 2.20 bits per heavy atom. The number of hydrogen-bond acceptors (Lipinski definition) is 3. The molecule has 1 aliphatic carbocycles. The summed E-state index contributed by atoms with van der Waals surface area (Å²) in [6.45, 7) is 6.57. The lowest BCUT2D eigenvalue weighted by Crippen LogP contribution is -2.22. The van der Waals surface area contributed by atoms with Crippen molar-refractivity contribution in [1.29, 1.82) is 5.26 Å². The molecule has 0 heterocycles. The lowest BCUT2D eigenvalue weighted by Gasteiger charge is -2.26. The molecule has 3 heteroatoms. The van der Waals surface area contributed by atoms with Crippen molar-refractivity contribution in [2.75, 3.05) is 6.61 Å². The number of hydrogen-bond donors (Lipinski definition) is 1. The predicted molar refractivity (Wildman–Crippen MR) is 80.0 cm³/mol. The first-order chi connectivity index (χ1) is 9.74. The van der Waals surface area contributed by atoms with Gasteiger partial charge in [-0.1, -0.05) is 6.58 Å². The standard InChI is InChI=1S/C17H20N2O/c1-3-19-17-6-4-5-15(13(17)2)12-20-16-9-7-14(11-18)8-10-16/h3,7-10,15,19H,1,4-6,12H2,2H3. The van der Waals surface area contributed by atoms with E-state index in [-0.39, 0.29) is 0 Å². The Morgan fingerprint density at radius 3 is 2.85 bits per heavy atom. The summed E-state index contributed by atoms with van der Waals surface area (Å²) < 4.78 is 5.84. The SMILES string of the molecule is C=CNC1=C(C)C(COc2ccc(C#N)cc2)CCC1. The quantitative estimate of drug-likeness (QED) is 0.884. The van der Waals surface area contributed by atoms with Crippen LogP contribution in [-0.2, 0) is 0 Å². The zero-order valence-corrected chi connectivity index (χ0v) is 11.9. The number of nitrogens with one attached hydrogen (secondary N) is 1. The Balaban J connectivity index is 1.97. The third-order valence-electron chi connectivity index (χ3n) is 3.78. The number of rotatable bonds is 5. The van der Waals surface area contributed by atoms with Crippen LogP contribution in [0.3, 0.4) is 0 Å². The van der Waals surface area contributed by atoms with E-state index in [2.05, 4.69) is 24.9 Å². The van der Waals surface area contributed by atoms with E-state index in [4.69, 9.17) is 10.00 Å². The van der Waals surface area contributed by atoms with Crippen molar-refractivity contribution in [2.45, 2.75) is 26.2 Å². The highest BCUT2D eigenvalue weighted by molar-refractivity contribution is 5.34. The molecule has 0 radical (unpaired) electrons. The third kappa shape index (κ3) is 3.42. The molecule has 0 saturated heterocycles. The van der Waals surface area contributed by atoms with Crippen LogP contribution in [0.5, 0.6) is 5.75 Å². The maximum Gasteiger partial charge on any atom is 0.119 e. The molecule has 1 aromatic carbocycles. The molecule has 0 amide bonds. The van der Waals surface area contributed by atoms with Gasteiger partial charge in [0, 0.05) is 11.6 Å². The molecule has 0 saturated carbocycles. The first-order valence-corrected chi connectivity index (χ1v) is 6.94. The molecule has 3 nitrogen and oxygen atoms in total. The highest BCUT2D eigenvalue weighted by atomic mass is 16.5. The predicted octanol–water partition coefficient (Wildman–Crippen LogP) is 3.74. The summed E-state index contributed by atoms with van der Waals surface area (Å²) in [5, 5.41) is 12.0. The van der Waals surface area contributed by atoms with Gasteiger partial charge in [-0.2, -0.15) is 5.26 Å². The van der Waals surface area contributed by atoms with Crippen LogP contribution in [0.25, 0.3) is 0 Å². The summed E-state index contributed by atoms with van der Waals surface area (Å²) in [6, 6.07) is 9.37. The number of ether oxygens (including phenoxy) is 1. The number of nitriles is 1. The molecule has 1 atom stereocenters. The molecule has 0 aliphatic heterocycles. The molecule has 1 N–H and O–H groups in total. The fourth-order valence-corrected chi connectivity index (χ4v) is 2.53. The van der Waals surface area contributed by atoms with Gasteiger partial charge in [0.15, 0.2) is 0 Å². The Bertz CT molecular complexity index is 537. The van der Waals surface area contributed by atoms with Gasteiger partial charge in [0.25, 0.3) is 0 Å². The summed E-state index contributed by atoms with van der Waals surface area (Å²) in [5.74, 6) is 1.27. The number of benzene rings is 1. The smallest absolute Gasteiger partial charge is 0.119 e. The van der Waals surface area contributed by atoms with Crippen LogP contribution in [0.2, 0.25) is 0 Å². The lowest BCUT2D eigenvalue weighted by atomic mass is 9.87. The topological polar surface area (TPSA) is 45.0 Å². The molecule has 0 spiro atoms. The summed E-state index contributed by atoms with van der Waals surface area (Å²) in [5.41, 5.74) is 3.30. The zero-order valence-electron chi connectivity index (χ0n) is 11.9. The summed E-state index contributed by atoms with van der Waals surface area (Å²) >= 11 is 0. The molecule has 0 aromatic heterocycles. The van der Waals surface area contributed by atoms with Gasteiger partial charge in [0.05, 0.1) is 18.2 Å². The monoisotopic (exact) mass is 268 g/mol. The van der Waals surface area contributed by atoms with E-state index in [0.717, 1.165) is 18.6 Å². The van der Waals surface area contributed by atoms with Gasteiger partial charge >= 0.3 is 0 Å². The Hall–Kier alpha value is -2.21. The second kappa shape index (κ2) is 6.81. The molecular formula is C17H20N2O. The second-order valence-corrected chi connectivity index (χ2v) is 5.05. The van der Waals surface area contributed by atoms with Gasteiger partial charge in [-0.3, -0.25) is 0 Å². The molecule has 20 heavy (non-hydrogen) atoms. The van der Waals surface area contributed by atoms with E-state index in [0.29, 0.717) is 18.1 Å². The highest BCUT2D eigenvalue weighted by Gasteiger charge is 2.20. The highest BCUT2D eigenvalue weighted by Crippen LogP contribution is 2.29. The second-order valence-electron chi connectivity index (χ2n) is 5.05. The van der Waals surface area contributed by atoms with Crippen molar-refractivity contribution in [3.8, 4) is 11.8 Å². The van der Waals surface area contributed by atoms with Gasteiger partial charge < -0.3 is 10.1 Å². The van der Waals surface area contributed by atoms with Crippen LogP contribution in [0, 0.1) is 17.2 Å². The number of nitrogens with zero attached hydrogens (tertiary/aromatic N) is 1. The van der Waals surface area contributed by atoms with E-state index < -0.39 is 0 Å². The average molecular weight is 268 g/mol. The van der Waals surface area contributed by atoms with Crippen LogP contribution < -0.4 is 10.1 Å². The van der Waals surface area contributed by atoms with E-state index in [1.807, 2.05) is 12.1 Å². The van der Waals surface area contributed by atoms with E-state index in [1.165, 1.54) is 17.7 Å². The van der Waals surface area contributed by atoms with Crippen LogP contribution in [-0.4, -0.2) is 6.61 Å². The van der Waals surface area contributed by atoms with E-state index in [9.17, 15) is 0 Å². The maximum atomic E-state index is 8.76. The van der Waals surface area contributed by atoms with Crippen molar-refractivity contribution in [3.05, 3.63) is 53.9 Å². The molecule has 0 bridgehead atoms. The third-order valence-corrected chi connectivity index (χ3v) is 3.78. The van der Waals surface area contributed by atoms with Crippen molar-refractivity contribution < 1.29 is 4.74 Å². The first-order valence-electron chi connectivity index (χ1n) is 6.94. The van der Waals surface area contributed by atoms with Crippen LogP contribution in [0.1, 0.15) is 31.7 Å². The molecule has 1 aliphatic rings. The minimum absolute atomic E-state index is 0.446. The van der Waals surface area contributed by atoms with Gasteiger partial charge in [-0.25, -0.2) is 0 Å². The van der Waals surface area contributed by atoms with Crippen LogP contribution in [0.4, 0.5) is 0 Å². The molecule has 2 rings (SSSR count). The first kappa shape index (κ1) is 14.2. The summed E-state index contributed by atoms with van der Waals surface area (Å²) in [6.07, 6.45) is 5.16. The van der Waals surface area contributed by atoms with Crippen molar-refractivity contribution in [1.82, 2.24) is 5.32 Å². The summed E-state index contributed by atoms with van der Waals surface area (Å²) in [7, 11) is 0. The van der Waals surface area contributed by atoms with Crippen LogP contribution >= 0.6 is 0 Å². The van der Waals surface area contributed by atoms with Gasteiger partial charge in [0.2, 0.25) is 0 Å². The molecular weight excluding hydrogens is 248 g/mol. The molecule has 0 fully saturated rings. The van der Waals surface area contributed by atoms with E-state index in [1.54, 1.807) is 18.3 Å². The normalized spacial score (nSPS) is 18.3. The average Bonchev–Trinajstić information content (AvgIpc) is 2.49. The van der Waals surface area contributed by atoms with Gasteiger partial charge in [-0.15, -0.1) is 0 Å². The van der Waals surface area contributed by atoms with Gasteiger partial charge in [-0.05, 0) is 62.2 Å². The summed E-state index contributed by atoms with van der Waals surface area (Å²) in [4.78, 5) is 0. The van der Waals surface area contributed by atoms with Crippen LogP contribution in [0.15, 0.2) is 48.3 Å². The minimum atomic E-state index is 0.446. The fourth-order valence-electron chi connectivity index (χ4n) is 2.53. The van der Waals surface area contributed by atoms with E-state index >= 15 is 0 Å². The zero-order chi connectivity index (χ0) is 14.4. The Morgan fingerprint density at radius 1 is 1.45 bits per heavy atom. The van der Waals surface area contributed by atoms with Gasteiger partial charge in [0.1, 0.15) is 5.75 Å². The Labute approximate surface area is 120 Å². The Kier molecular flexibility index (Phi) is 4.84. The molecule has 1 aromatic rings. The van der Waals surface area contributed by atoms with Crippen molar-refractivity contribution in [3.63, 3.8) is 0 Å². The number of allylic oxidation sites excluding steroid dienone is 1. The molecule has 104 valence electrons. The largest absolute Gasteiger partial charge is 0.493 e.